The summed E-state index contributed by atoms with van der Waals surface area (Å²) in [5.74, 6) is -2.39. The maximum absolute atomic E-state index is 13.2. The van der Waals surface area contributed by atoms with Crippen molar-refractivity contribution >= 4 is 67.1 Å². The second-order valence-electron chi connectivity index (χ2n) is 10.8. The highest BCUT2D eigenvalue weighted by molar-refractivity contribution is 7.80. The van der Waals surface area contributed by atoms with Gasteiger partial charge in [-0.3, -0.25) is 14.1 Å². The minimum atomic E-state index is -5.01. The Labute approximate surface area is 265 Å². The number of hydroxylamine groups is 2. The third-order valence-electron chi connectivity index (χ3n) is 7.12. The second-order valence-corrected chi connectivity index (χ2v) is 12.7. The van der Waals surface area contributed by atoms with Gasteiger partial charge in [0.2, 0.25) is 0 Å². The highest BCUT2D eigenvalue weighted by Crippen LogP contribution is 2.33. The Bertz CT molecular complexity index is 1790. The molecule has 2 saturated heterocycles. The predicted molar refractivity (Wildman–Crippen MR) is 163 cm³/mol. The number of nitrogens with zero attached hydrogens (tertiary/aromatic N) is 4. The molecule has 0 radical (unpaired) electrons. The van der Waals surface area contributed by atoms with Gasteiger partial charge in [-0.1, -0.05) is 5.16 Å². The van der Waals surface area contributed by atoms with Crippen molar-refractivity contribution < 1.29 is 46.3 Å². The molecule has 246 valence electrons. The fourth-order valence-corrected chi connectivity index (χ4v) is 5.72. The van der Waals surface area contributed by atoms with E-state index in [1.165, 1.54) is 19.2 Å². The minimum Gasteiger partial charge on any atom is -0.489 e. The molecule has 3 aromatic rings. The Morgan fingerprint density at radius 2 is 2.07 bits per heavy atom. The van der Waals surface area contributed by atoms with Crippen molar-refractivity contribution in [1.82, 2.24) is 25.7 Å². The number of β-lactam (4-membered cyclic amide) rings is 1. The van der Waals surface area contributed by atoms with Crippen LogP contribution in [0.4, 0.5) is 10.9 Å². The number of carboxylic acids is 1. The van der Waals surface area contributed by atoms with E-state index in [4.69, 9.17) is 19.9 Å². The molecule has 0 spiro atoms. The number of nitrogens with two attached hydrogens (primary N) is 1. The SMILES string of the molecule is CC1(C)[C@H](NC(=O)/C(=N\O[C@@H](COc2ccc3nc(NC4CCNC4)ccc3c2)C(=O)O)c2csc(N)n2)C(=O)N1OS(=O)(=O)O. The average molecular weight is 679 g/mol. The van der Waals surface area contributed by atoms with Crippen LogP contribution in [0.15, 0.2) is 40.9 Å². The maximum atomic E-state index is 13.2. The van der Waals surface area contributed by atoms with Gasteiger partial charge in [0.15, 0.2) is 10.8 Å². The van der Waals surface area contributed by atoms with Gasteiger partial charge in [0, 0.05) is 23.4 Å². The summed E-state index contributed by atoms with van der Waals surface area (Å²) >= 11 is 0.961. The van der Waals surface area contributed by atoms with Crippen LogP contribution in [0.5, 0.6) is 5.75 Å². The number of anilines is 2. The summed E-state index contributed by atoms with van der Waals surface area (Å²) in [7, 11) is -5.01. The number of benzene rings is 1. The molecule has 1 aromatic carbocycles. The van der Waals surface area contributed by atoms with Gasteiger partial charge in [-0.25, -0.2) is 14.8 Å². The van der Waals surface area contributed by atoms with E-state index in [0.717, 1.165) is 42.1 Å². The first-order valence-electron chi connectivity index (χ1n) is 13.7. The molecule has 2 aromatic heterocycles. The number of thiazole rings is 1. The van der Waals surface area contributed by atoms with Crippen LogP contribution in [-0.4, -0.2) is 100 Å². The van der Waals surface area contributed by atoms with E-state index >= 15 is 0 Å². The third-order valence-corrected chi connectivity index (χ3v) is 8.13. The quantitative estimate of drug-likeness (QED) is 0.0608. The molecular formula is C26H30N8O10S2. The summed E-state index contributed by atoms with van der Waals surface area (Å²) in [6.45, 7) is 4.03. The number of hydrogen-bond donors (Lipinski definition) is 6. The van der Waals surface area contributed by atoms with Crippen molar-refractivity contribution in [2.75, 3.05) is 30.7 Å². The van der Waals surface area contributed by atoms with Crippen LogP contribution in [0.25, 0.3) is 10.9 Å². The van der Waals surface area contributed by atoms with Gasteiger partial charge in [-0.15, -0.1) is 15.6 Å². The van der Waals surface area contributed by atoms with Gasteiger partial charge in [0.1, 0.15) is 29.9 Å². The van der Waals surface area contributed by atoms with E-state index in [9.17, 15) is 27.9 Å². The van der Waals surface area contributed by atoms with E-state index in [1.807, 2.05) is 12.1 Å². The number of nitrogens with one attached hydrogen (secondary N) is 3. The molecule has 2 fully saturated rings. The van der Waals surface area contributed by atoms with Gasteiger partial charge < -0.3 is 36.4 Å². The Morgan fingerprint density at radius 1 is 1.28 bits per heavy atom. The molecule has 0 bridgehead atoms. The Balaban J connectivity index is 1.27. The van der Waals surface area contributed by atoms with Crippen LogP contribution in [0, 0.1) is 0 Å². The van der Waals surface area contributed by atoms with Crippen LogP contribution in [0.2, 0.25) is 0 Å². The summed E-state index contributed by atoms with van der Waals surface area (Å²) < 4.78 is 41.1. The molecule has 18 nitrogen and oxygen atoms in total. The number of amides is 2. The molecule has 2 amide bonds. The van der Waals surface area contributed by atoms with E-state index in [1.54, 1.807) is 18.2 Å². The van der Waals surface area contributed by atoms with Crippen molar-refractivity contribution in [3.05, 3.63) is 41.4 Å². The van der Waals surface area contributed by atoms with Gasteiger partial charge in [0.05, 0.1) is 11.1 Å². The largest absolute Gasteiger partial charge is 0.489 e. The van der Waals surface area contributed by atoms with E-state index < -0.39 is 58.2 Å². The van der Waals surface area contributed by atoms with Gasteiger partial charge >= 0.3 is 16.4 Å². The Hall–Kier alpha value is -4.63. The standard InChI is InChI=1S/C26H30N8O10S2/c1-26(2)21(23(36)34(26)44-46(39,40)41)32-22(35)20(17-12-45-25(27)31-17)33-43-18(24(37)38)11-42-15-4-5-16-13(9-15)3-6-19(30-16)29-14-7-8-28-10-14/h3-6,9,12,14,18,21,28H,7-8,10-11H2,1-2H3,(H2,27,31)(H,29,30)(H,32,35)(H,37,38)(H,39,40,41)/b33-20-/t14?,18-,21+/m0/s1. The zero-order valence-electron chi connectivity index (χ0n) is 24.4. The van der Waals surface area contributed by atoms with Crippen LogP contribution < -0.4 is 26.4 Å². The number of carbonyl (C=O) groups excluding carboxylic acids is 2. The van der Waals surface area contributed by atoms with Crippen molar-refractivity contribution in [2.45, 2.75) is 44.0 Å². The highest BCUT2D eigenvalue weighted by Gasteiger charge is 2.58. The van der Waals surface area contributed by atoms with E-state index in [-0.39, 0.29) is 10.8 Å². The molecule has 20 heteroatoms. The minimum absolute atomic E-state index is 0.0608. The average Bonchev–Trinajstić information content (AvgIpc) is 3.67. The van der Waals surface area contributed by atoms with Crippen LogP contribution in [-0.2, 0) is 33.9 Å². The first kappa shape index (κ1) is 32.8. The molecule has 1 unspecified atom stereocenters. The molecule has 4 heterocycles. The summed E-state index contributed by atoms with van der Waals surface area (Å²) in [5.41, 5.74) is 4.37. The monoisotopic (exact) mass is 678 g/mol. The molecule has 46 heavy (non-hydrogen) atoms. The lowest BCUT2D eigenvalue weighted by Gasteiger charge is -2.50. The molecule has 3 atom stereocenters. The number of carboxylic acid groups (broad SMARTS) is 1. The van der Waals surface area contributed by atoms with Crippen molar-refractivity contribution in [3.8, 4) is 5.75 Å². The van der Waals surface area contributed by atoms with Crippen molar-refractivity contribution in [2.24, 2.45) is 5.16 Å². The number of fused-ring (bicyclic) bond motifs is 1. The second kappa shape index (κ2) is 13.0. The normalized spacial score (nSPS) is 20.2. The van der Waals surface area contributed by atoms with Crippen molar-refractivity contribution in [1.29, 1.82) is 0 Å². The molecule has 7 N–H and O–H groups in total. The lowest BCUT2D eigenvalue weighted by atomic mass is 9.84. The summed E-state index contributed by atoms with van der Waals surface area (Å²) in [4.78, 5) is 51.5. The molecule has 0 aliphatic carbocycles. The lowest BCUT2D eigenvalue weighted by Crippen LogP contribution is -2.76. The van der Waals surface area contributed by atoms with E-state index in [2.05, 4.69) is 35.4 Å². The number of ether oxygens (including phenoxy) is 1. The van der Waals surface area contributed by atoms with Gasteiger partial charge in [-0.2, -0.15) is 13.5 Å². The zero-order chi connectivity index (χ0) is 33.2. The van der Waals surface area contributed by atoms with Gasteiger partial charge in [-0.05, 0) is 57.1 Å². The number of aromatic nitrogens is 2. The summed E-state index contributed by atoms with van der Waals surface area (Å²) in [6, 6.07) is 7.73. The highest BCUT2D eigenvalue weighted by atomic mass is 32.3. The number of oxime groups is 1. The number of carbonyl (C=O) groups is 3. The number of nitrogen functional groups attached to an aromatic ring is 1. The summed E-state index contributed by atoms with van der Waals surface area (Å²) in [5, 5.41) is 25.1. The van der Waals surface area contributed by atoms with Crippen LogP contribution in [0.1, 0.15) is 26.0 Å². The van der Waals surface area contributed by atoms with Crippen LogP contribution >= 0.6 is 11.3 Å². The molecule has 2 aliphatic rings. The Kier molecular flexibility index (Phi) is 9.26. The molecular weight excluding hydrogens is 648 g/mol. The fraction of sp³-hybridized carbons (Fsp3) is 0.385. The Morgan fingerprint density at radius 3 is 2.70 bits per heavy atom. The smallest absolute Gasteiger partial charge is 0.418 e. The third kappa shape index (κ3) is 7.42. The van der Waals surface area contributed by atoms with Crippen LogP contribution in [0.3, 0.4) is 0 Å². The molecule has 2 aliphatic heterocycles. The number of aliphatic carboxylic acids is 1. The first-order valence-corrected chi connectivity index (χ1v) is 16.0. The first-order chi connectivity index (χ1) is 21.7. The lowest BCUT2D eigenvalue weighted by molar-refractivity contribution is -0.218. The van der Waals surface area contributed by atoms with Gasteiger partial charge in [0.25, 0.3) is 17.9 Å². The van der Waals surface area contributed by atoms with E-state index in [0.29, 0.717) is 22.4 Å². The molecule has 5 rings (SSSR count). The van der Waals surface area contributed by atoms with Crippen molar-refractivity contribution in [3.63, 3.8) is 0 Å². The number of pyridine rings is 1. The summed E-state index contributed by atoms with van der Waals surface area (Å²) in [6.07, 6.45) is -0.681. The number of hydrogen-bond acceptors (Lipinski definition) is 15. The fourth-order valence-electron chi connectivity index (χ4n) is 4.72. The zero-order valence-corrected chi connectivity index (χ0v) is 26.0. The number of rotatable bonds is 13. The maximum Gasteiger partial charge on any atom is 0.418 e. The molecule has 0 saturated carbocycles. The topological polar surface area (TPSA) is 257 Å². The predicted octanol–water partition coefficient (Wildman–Crippen LogP) is 0.140.